The number of hydrogen-bond acceptors (Lipinski definition) is 7. The molecule has 0 saturated carbocycles. The lowest BCUT2D eigenvalue weighted by atomic mass is 10.4. The Bertz CT molecular complexity index is 433. The number of likely N-dealkylation sites (N-methyl/N-ethyl adjacent to an activating group) is 2. The summed E-state index contributed by atoms with van der Waals surface area (Å²) in [5, 5.41) is 22.8. The highest BCUT2D eigenvalue weighted by atomic mass is 16.4. The molecule has 2 amide bonds. The Kier molecular flexibility index (Phi) is 11.1. The quantitative estimate of drug-likeness (QED) is 0.148. The van der Waals surface area contributed by atoms with Gasteiger partial charge in [-0.15, -0.1) is 0 Å². The zero-order valence-corrected chi connectivity index (χ0v) is 13.9. The normalized spacial score (nSPS) is 10.9. The van der Waals surface area contributed by atoms with Crippen LogP contribution in [-0.4, -0.2) is 109 Å². The number of carboxylic acids is 2. The fraction of sp³-hybridized carbons (Fsp3) is 0.692. The van der Waals surface area contributed by atoms with E-state index in [2.05, 4.69) is 10.6 Å². The highest BCUT2D eigenvalue weighted by Crippen LogP contribution is 1.98. The van der Waals surface area contributed by atoms with Crippen LogP contribution in [-0.2, 0) is 19.2 Å². The summed E-state index contributed by atoms with van der Waals surface area (Å²) in [5.74, 6) is -2.54. The number of rotatable bonds is 14. The zero-order chi connectivity index (χ0) is 18.5. The third kappa shape index (κ3) is 11.3. The van der Waals surface area contributed by atoms with E-state index in [9.17, 15) is 19.2 Å². The van der Waals surface area contributed by atoms with Crippen LogP contribution in [0.4, 0.5) is 0 Å². The standard InChI is InChI=1S/C13H25N5O6/c1-14-11(20)5-17(6-12(21)22)10-18(7-13(23)24)9-16(2)4-3-15-8-19/h8H,3-7,9-10H2,1-2H3,(H,14,20)(H,15,19)(H,21,22)(H,23,24). The number of nitrogens with one attached hydrogen (secondary N) is 2. The molecule has 11 nitrogen and oxygen atoms in total. The smallest absolute Gasteiger partial charge is 0.317 e. The van der Waals surface area contributed by atoms with E-state index in [1.807, 2.05) is 0 Å². The number of hydrogen-bond donors (Lipinski definition) is 4. The van der Waals surface area contributed by atoms with E-state index in [-0.39, 0.29) is 38.9 Å². The number of carbonyl (C=O) groups excluding carboxylic acids is 2. The maximum atomic E-state index is 11.5. The molecule has 24 heavy (non-hydrogen) atoms. The van der Waals surface area contributed by atoms with E-state index in [1.165, 1.54) is 16.8 Å². The molecule has 0 spiro atoms. The third-order valence-corrected chi connectivity index (χ3v) is 2.93. The third-order valence-electron chi connectivity index (χ3n) is 2.93. The van der Waals surface area contributed by atoms with Gasteiger partial charge in [0, 0.05) is 20.1 Å². The molecule has 0 aliphatic carbocycles. The van der Waals surface area contributed by atoms with Gasteiger partial charge in [-0.3, -0.25) is 33.9 Å². The first-order valence-corrected chi connectivity index (χ1v) is 7.23. The van der Waals surface area contributed by atoms with Gasteiger partial charge in [0.25, 0.3) is 0 Å². The van der Waals surface area contributed by atoms with Gasteiger partial charge in [0.2, 0.25) is 12.3 Å². The molecule has 0 aliphatic rings. The van der Waals surface area contributed by atoms with Crippen molar-refractivity contribution in [3.63, 3.8) is 0 Å². The second-order valence-electron chi connectivity index (χ2n) is 5.21. The molecule has 4 N–H and O–H groups in total. The fourth-order valence-corrected chi connectivity index (χ4v) is 1.97. The summed E-state index contributed by atoms with van der Waals surface area (Å²) in [6.45, 7) is 0.264. The molecule has 0 heterocycles. The largest absolute Gasteiger partial charge is 0.480 e. The first kappa shape index (κ1) is 21.8. The molecule has 0 rings (SSSR count). The van der Waals surface area contributed by atoms with Crippen molar-refractivity contribution in [3.8, 4) is 0 Å². The molecule has 11 heteroatoms. The molecule has 0 atom stereocenters. The number of carbonyl (C=O) groups is 4. The molecule has 0 aromatic carbocycles. The van der Waals surface area contributed by atoms with Gasteiger partial charge in [0.15, 0.2) is 0 Å². The van der Waals surface area contributed by atoms with Crippen LogP contribution < -0.4 is 10.6 Å². The first-order chi connectivity index (χ1) is 11.3. The minimum atomic E-state index is -1.11. The van der Waals surface area contributed by atoms with Crippen LogP contribution in [0.3, 0.4) is 0 Å². The van der Waals surface area contributed by atoms with E-state index < -0.39 is 11.9 Å². The minimum Gasteiger partial charge on any atom is -0.480 e. The summed E-state index contributed by atoms with van der Waals surface area (Å²) in [4.78, 5) is 48.2. The topological polar surface area (TPSA) is 143 Å². The number of nitrogens with zero attached hydrogens (tertiary/aromatic N) is 3. The van der Waals surface area contributed by atoms with Crippen LogP contribution in [0.25, 0.3) is 0 Å². The van der Waals surface area contributed by atoms with Gasteiger partial charge in [-0.2, -0.15) is 0 Å². The lowest BCUT2D eigenvalue weighted by Gasteiger charge is -2.31. The van der Waals surface area contributed by atoms with E-state index in [1.54, 1.807) is 11.9 Å². The maximum absolute atomic E-state index is 11.5. The van der Waals surface area contributed by atoms with E-state index in [4.69, 9.17) is 10.2 Å². The summed E-state index contributed by atoms with van der Waals surface area (Å²) in [6, 6.07) is 0. The highest BCUT2D eigenvalue weighted by Gasteiger charge is 2.19. The molecule has 0 radical (unpaired) electrons. The molecule has 0 aromatic rings. The molecule has 0 saturated heterocycles. The predicted molar refractivity (Wildman–Crippen MR) is 84.0 cm³/mol. The van der Waals surface area contributed by atoms with Crippen LogP contribution in [0.5, 0.6) is 0 Å². The van der Waals surface area contributed by atoms with Gasteiger partial charge in [-0.05, 0) is 7.05 Å². The van der Waals surface area contributed by atoms with Crippen molar-refractivity contribution in [1.29, 1.82) is 0 Å². The monoisotopic (exact) mass is 347 g/mol. The van der Waals surface area contributed by atoms with Crippen molar-refractivity contribution in [2.45, 2.75) is 0 Å². The van der Waals surface area contributed by atoms with E-state index in [0.717, 1.165) is 0 Å². The van der Waals surface area contributed by atoms with Crippen molar-refractivity contribution in [2.24, 2.45) is 0 Å². The molecule has 0 bridgehead atoms. The van der Waals surface area contributed by atoms with Crippen LogP contribution in [0, 0.1) is 0 Å². The van der Waals surface area contributed by atoms with Gasteiger partial charge >= 0.3 is 11.9 Å². The van der Waals surface area contributed by atoms with Gasteiger partial charge in [0.05, 0.1) is 33.0 Å². The molecule has 138 valence electrons. The van der Waals surface area contributed by atoms with Crippen LogP contribution in [0.2, 0.25) is 0 Å². The Hall–Kier alpha value is -2.24. The average Bonchev–Trinajstić information content (AvgIpc) is 2.45. The predicted octanol–water partition coefficient (Wildman–Crippen LogP) is -2.90. The molecule has 0 unspecified atom stereocenters. The lowest BCUT2D eigenvalue weighted by molar-refractivity contribution is -0.140. The Balaban J connectivity index is 4.77. The van der Waals surface area contributed by atoms with Crippen molar-refractivity contribution < 1.29 is 29.4 Å². The summed E-state index contributed by atoms with van der Waals surface area (Å²) in [6.07, 6.45) is 0.570. The Morgan fingerprint density at radius 2 is 1.58 bits per heavy atom. The van der Waals surface area contributed by atoms with Gasteiger partial charge in [-0.1, -0.05) is 0 Å². The second-order valence-corrected chi connectivity index (χ2v) is 5.21. The summed E-state index contributed by atoms with van der Waals surface area (Å²) in [7, 11) is 3.17. The number of amides is 2. The average molecular weight is 347 g/mol. The van der Waals surface area contributed by atoms with Crippen molar-refractivity contribution >= 4 is 24.3 Å². The highest BCUT2D eigenvalue weighted by molar-refractivity contribution is 5.78. The second kappa shape index (κ2) is 12.2. The number of aliphatic carboxylic acids is 2. The molecule has 0 aliphatic heterocycles. The summed E-state index contributed by atoms with van der Waals surface area (Å²) >= 11 is 0. The molecular formula is C13H25N5O6. The summed E-state index contributed by atoms with van der Waals surface area (Å²) < 4.78 is 0. The van der Waals surface area contributed by atoms with Crippen LogP contribution in [0.15, 0.2) is 0 Å². The van der Waals surface area contributed by atoms with Crippen molar-refractivity contribution in [2.75, 3.05) is 60.2 Å². The number of carboxylic acid groups (broad SMARTS) is 2. The van der Waals surface area contributed by atoms with Gasteiger partial charge in [-0.25, -0.2) is 0 Å². The van der Waals surface area contributed by atoms with E-state index >= 15 is 0 Å². The molecular weight excluding hydrogens is 322 g/mol. The summed E-state index contributed by atoms with van der Waals surface area (Å²) in [5.41, 5.74) is 0. The molecule has 0 aromatic heterocycles. The van der Waals surface area contributed by atoms with Crippen LogP contribution >= 0.6 is 0 Å². The SMILES string of the molecule is CNC(=O)CN(CC(=O)O)CN(CC(=O)O)CN(C)CCNC=O. The van der Waals surface area contributed by atoms with E-state index in [0.29, 0.717) is 19.5 Å². The van der Waals surface area contributed by atoms with Crippen molar-refractivity contribution in [1.82, 2.24) is 25.3 Å². The maximum Gasteiger partial charge on any atom is 0.317 e. The first-order valence-electron chi connectivity index (χ1n) is 7.23. The Morgan fingerprint density at radius 3 is 2.08 bits per heavy atom. The minimum absolute atomic E-state index is 0.00251. The zero-order valence-electron chi connectivity index (χ0n) is 13.9. The van der Waals surface area contributed by atoms with Crippen molar-refractivity contribution in [3.05, 3.63) is 0 Å². The Morgan fingerprint density at radius 1 is 1.00 bits per heavy atom. The Labute approximate surface area is 140 Å². The van der Waals surface area contributed by atoms with Gasteiger partial charge < -0.3 is 20.8 Å². The van der Waals surface area contributed by atoms with Crippen LogP contribution in [0.1, 0.15) is 0 Å². The molecule has 0 fully saturated rings. The lowest BCUT2D eigenvalue weighted by Crippen LogP contribution is -2.49. The van der Waals surface area contributed by atoms with Gasteiger partial charge in [0.1, 0.15) is 0 Å². The fourth-order valence-electron chi connectivity index (χ4n) is 1.97.